The summed E-state index contributed by atoms with van der Waals surface area (Å²) < 4.78 is 27.4. The Balaban J connectivity index is 1.71. The van der Waals surface area contributed by atoms with Gasteiger partial charge in [0.1, 0.15) is 11.6 Å². The van der Waals surface area contributed by atoms with Crippen LogP contribution in [-0.2, 0) is 6.42 Å². The number of para-hydroxylation sites is 1. The minimum atomic E-state index is -0.471. The molecule has 6 heteroatoms. The van der Waals surface area contributed by atoms with Crippen molar-refractivity contribution in [3.8, 4) is 10.4 Å². The highest BCUT2D eigenvalue weighted by molar-refractivity contribution is 7.17. The van der Waals surface area contributed by atoms with Gasteiger partial charge in [-0.25, -0.2) is 8.78 Å². The Morgan fingerprint density at radius 1 is 1.15 bits per heavy atom. The van der Waals surface area contributed by atoms with Gasteiger partial charge in [-0.1, -0.05) is 12.1 Å². The summed E-state index contributed by atoms with van der Waals surface area (Å²) in [5.41, 5.74) is 2.93. The maximum atomic E-state index is 13.8. The van der Waals surface area contributed by atoms with Crippen molar-refractivity contribution in [3.05, 3.63) is 70.6 Å². The van der Waals surface area contributed by atoms with Crippen molar-refractivity contribution in [1.29, 1.82) is 0 Å². The fourth-order valence-corrected chi connectivity index (χ4v) is 4.26. The van der Waals surface area contributed by atoms with Crippen LogP contribution in [0.2, 0.25) is 0 Å². The van der Waals surface area contributed by atoms with Gasteiger partial charge in [0.05, 0.1) is 10.6 Å². The monoisotopic (exact) mass is 370 g/mol. The van der Waals surface area contributed by atoms with Gasteiger partial charge >= 0.3 is 0 Å². The lowest BCUT2D eigenvalue weighted by atomic mass is 10.1. The van der Waals surface area contributed by atoms with Crippen LogP contribution < -0.4 is 10.2 Å². The molecule has 1 aliphatic rings. The zero-order chi connectivity index (χ0) is 18.3. The third-order valence-electron chi connectivity index (χ3n) is 4.49. The van der Waals surface area contributed by atoms with Gasteiger partial charge in [0.25, 0.3) is 5.91 Å². The summed E-state index contributed by atoms with van der Waals surface area (Å²) in [6, 6.07) is 12.6. The molecule has 1 aromatic heterocycles. The van der Waals surface area contributed by atoms with E-state index in [0.29, 0.717) is 4.88 Å². The van der Waals surface area contributed by atoms with Gasteiger partial charge in [-0.2, -0.15) is 0 Å². The Kier molecular flexibility index (Phi) is 4.20. The second-order valence-electron chi connectivity index (χ2n) is 6.23. The van der Waals surface area contributed by atoms with Crippen LogP contribution in [0.1, 0.15) is 15.2 Å². The molecule has 0 spiro atoms. The number of carbonyl (C=O) groups is 1. The van der Waals surface area contributed by atoms with Gasteiger partial charge in [0.15, 0.2) is 0 Å². The number of hydrogen-bond donors (Lipinski definition) is 1. The van der Waals surface area contributed by atoms with E-state index in [2.05, 4.69) is 5.32 Å². The van der Waals surface area contributed by atoms with Crippen molar-refractivity contribution in [3.63, 3.8) is 0 Å². The first-order valence-corrected chi connectivity index (χ1v) is 9.04. The van der Waals surface area contributed by atoms with E-state index in [1.807, 2.05) is 18.0 Å². The van der Waals surface area contributed by atoms with Crippen molar-refractivity contribution >= 4 is 28.6 Å². The summed E-state index contributed by atoms with van der Waals surface area (Å²) in [6.45, 7) is 0.731. The Morgan fingerprint density at radius 3 is 2.77 bits per heavy atom. The fraction of sp³-hybridized carbons (Fsp3) is 0.150. The third-order valence-corrected chi connectivity index (χ3v) is 5.70. The van der Waals surface area contributed by atoms with Crippen molar-refractivity contribution < 1.29 is 13.6 Å². The zero-order valence-electron chi connectivity index (χ0n) is 14.1. The molecule has 0 bridgehead atoms. The van der Waals surface area contributed by atoms with Gasteiger partial charge < -0.3 is 10.2 Å². The molecule has 3 nitrogen and oxygen atoms in total. The van der Waals surface area contributed by atoms with E-state index < -0.39 is 5.82 Å². The fourth-order valence-electron chi connectivity index (χ4n) is 3.12. The van der Waals surface area contributed by atoms with Crippen molar-refractivity contribution in [2.75, 3.05) is 23.8 Å². The number of fused-ring (bicyclic) bond motifs is 3. The second kappa shape index (κ2) is 6.53. The standard InChI is InChI=1S/C20H16F2N2OS/c1-24-9-8-12-10-18(20(25)23-16-5-3-2-4-15(16)22)26-19(12)14-7-6-13(21)11-17(14)24/h2-7,10-11H,8-9H2,1H3,(H,23,25). The SMILES string of the molecule is CN1CCc2cc(C(=O)Nc3ccccc3F)sc2-c2ccc(F)cc21. The minimum Gasteiger partial charge on any atom is -0.374 e. The van der Waals surface area contributed by atoms with Crippen LogP contribution in [0.3, 0.4) is 0 Å². The number of hydrogen-bond acceptors (Lipinski definition) is 3. The molecule has 0 saturated heterocycles. The third kappa shape index (κ3) is 2.97. The average Bonchev–Trinajstić information content (AvgIpc) is 3.01. The van der Waals surface area contributed by atoms with Gasteiger partial charge in [-0.15, -0.1) is 11.3 Å². The van der Waals surface area contributed by atoms with Crippen LogP contribution in [0.15, 0.2) is 48.5 Å². The predicted molar refractivity (Wildman–Crippen MR) is 101 cm³/mol. The van der Waals surface area contributed by atoms with Gasteiger partial charge in [0.2, 0.25) is 0 Å². The van der Waals surface area contributed by atoms with E-state index in [4.69, 9.17) is 0 Å². The van der Waals surface area contributed by atoms with Crippen LogP contribution in [-0.4, -0.2) is 19.5 Å². The van der Waals surface area contributed by atoms with Crippen molar-refractivity contribution in [2.45, 2.75) is 6.42 Å². The number of nitrogens with zero attached hydrogens (tertiary/aromatic N) is 1. The van der Waals surface area contributed by atoms with E-state index in [-0.39, 0.29) is 17.4 Å². The lowest BCUT2D eigenvalue weighted by Crippen LogP contribution is -2.19. The molecule has 0 aliphatic carbocycles. The molecule has 26 heavy (non-hydrogen) atoms. The quantitative estimate of drug-likeness (QED) is 0.693. The number of nitrogens with one attached hydrogen (secondary N) is 1. The number of rotatable bonds is 2. The smallest absolute Gasteiger partial charge is 0.265 e. The predicted octanol–water partition coefficient (Wildman–Crippen LogP) is 4.94. The molecule has 2 heterocycles. The lowest BCUT2D eigenvalue weighted by molar-refractivity contribution is 0.103. The Labute approximate surface area is 153 Å². The summed E-state index contributed by atoms with van der Waals surface area (Å²) in [5.74, 6) is -1.10. The molecule has 3 aromatic rings. The normalized spacial score (nSPS) is 13.0. The molecule has 1 N–H and O–H groups in total. The highest BCUT2D eigenvalue weighted by atomic mass is 32.1. The summed E-state index contributed by atoms with van der Waals surface area (Å²) in [7, 11) is 1.93. The van der Waals surface area contributed by atoms with Crippen molar-refractivity contribution in [2.24, 2.45) is 0 Å². The van der Waals surface area contributed by atoms with Crippen LogP contribution in [0.5, 0.6) is 0 Å². The minimum absolute atomic E-state index is 0.156. The van der Waals surface area contributed by atoms with Crippen molar-refractivity contribution in [1.82, 2.24) is 0 Å². The maximum absolute atomic E-state index is 13.8. The van der Waals surface area contributed by atoms with E-state index in [1.54, 1.807) is 18.2 Å². The number of anilines is 2. The van der Waals surface area contributed by atoms with E-state index in [1.165, 1.54) is 35.6 Å². The zero-order valence-corrected chi connectivity index (χ0v) is 14.9. The molecular weight excluding hydrogens is 354 g/mol. The Hall–Kier alpha value is -2.73. The molecule has 0 unspecified atom stereocenters. The first-order chi connectivity index (χ1) is 12.5. The molecule has 4 rings (SSSR count). The highest BCUT2D eigenvalue weighted by Gasteiger charge is 2.23. The largest absolute Gasteiger partial charge is 0.374 e. The summed E-state index contributed by atoms with van der Waals surface area (Å²) in [6.07, 6.45) is 0.756. The van der Waals surface area contributed by atoms with E-state index in [0.717, 1.165) is 34.7 Å². The molecule has 2 aromatic carbocycles. The van der Waals surface area contributed by atoms with E-state index >= 15 is 0 Å². The molecule has 132 valence electrons. The van der Waals surface area contributed by atoms with Crippen LogP contribution >= 0.6 is 11.3 Å². The molecule has 1 aliphatic heterocycles. The van der Waals surface area contributed by atoms with Gasteiger partial charge in [-0.05, 0) is 48.4 Å². The van der Waals surface area contributed by atoms with E-state index in [9.17, 15) is 13.6 Å². The number of carbonyl (C=O) groups excluding carboxylic acids is 1. The Morgan fingerprint density at radius 2 is 1.96 bits per heavy atom. The lowest BCUT2D eigenvalue weighted by Gasteiger charge is -2.19. The number of halogens is 2. The summed E-state index contributed by atoms with van der Waals surface area (Å²) in [4.78, 5) is 16.1. The average molecular weight is 370 g/mol. The molecular formula is C20H16F2N2OS. The first kappa shape index (κ1) is 16.7. The molecule has 1 amide bonds. The van der Waals surface area contributed by atoms with Gasteiger partial charge in [-0.3, -0.25) is 4.79 Å². The number of thiophene rings is 1. The number of amides is 1. The topological polar surface area (TPSA) is 32.3 Å². The molecule has 0 saturated carbocycles. The highest BCUT2D eigenvalue weighted by Crippen LogP contribution is 2.41. The Bertz CT molecular complexity index is 999. The molecule has 0 fully saturated rings. The summed E-state index contributed by atoms with van der Waals surface area (Å²) in [5, 5.41) is 2.62. The van der Waals surface area contributed by atoms with Crippen LogP contribution in [0.4, 0.5) is 20.2 Å². The number of benzene rings is 2. The molecule has 0 atom stereocenters. The maximum Gasteiger partial charge on any atom is 0.265 e. The van der Waals surface area contributed by atoms with Crippen LogP contribution in [0, 0.1) is 11.6 Å². The second-order valence-corrected chi connectivity index (χ2v) is 7.28. The molecule has 0 radical (unpaired) electrons. The van der Waals surface area contributed by atoms with Gasteiger partial charge in [0, 0.05) is 29.7 Å². The first-order valence-electron chi connectivity index (χ1n) is 8.22. The summed E-state index contributed by atoms with van der Waals surface area (Å²) >= 11 is 1.35. The number of likely N-dealkylation sites (N-methyl/N-ethyl adjacent to an activating group) is 1. The van der Waals surface area contributed by atoms with Crippen LogP contribution in [0.25, 0.3) is 10.4 Å².